The van der Waals surface area contributed by atoms with E-state index in [-0.39, 0.29) is 0 Å². The number of aromatic nitrogens is 1. The van der Waals surface area contributed by atoms with E-state index in [9.17, 15) is 0 Å². The summed E-state index contributed by atoms with van der Waals surface area (Å²) >= 11 is 1.78. The lowest BCUT2D eigenvalue weighted by molar-refractivity contribution is -0.0176. The lowest BCUT2D eigenvalue weighted by atomic mass is 10.2. The summed E-state index contributed by atoms with van der Waals surface area (Å²) in [6.45, 7) is 2.60. The zero-order valence-electron chi connectivity index (χ0n) is 13.8. The Balaban J connectivity index is 1.55. The Morgan fingerprint density at radius 2 is 2.17 bits per heavy atom. The molecule has 0 unspecified atom stereocenters. The van der Waals surface area contributed by atoms with Gasteiger partial charge in [0, 0.05) is 36.9 Å². The van der Waals surface area contributed by atoms with E-state index in [4.69, 9.17) is 10.1 Å². The van der Waals surface area contributed by atoms with Gasteiger partial charge in [-0.15, -0.1) is 4.47 Å². The number of anilines is 1. The van der Waals surface area contributed by atoms with Gasteiger partial charge in [0.2, 0.25) is 5.96 Å². The Bertz CT molecular complexity index is 527. The Morgan fingerprint density at radius 3 is 2.92 bits per heavy atom. The van der Waals surface area contributed by atoms with Crippen LogP contribution in [0.5, 0.6) is 0 Å². The quantitative estimate of drug-likeness (QED) is 0.177. The molecule has 0 atom stereocenters. The van der Waals surface area contributed by atoms with E-state index in [2.05, 4.69) is 20.6 Å². The summed E-state index contributed by atoms with van der Waals surface area (Å²) in [6, 6.07) is 3.66. The van der Waals surface area contributed by atoms with Crippen LogP contribution in [0.2, 0.25) is 0 Å². The summed E-state index contributed by atoms with van der Waals surface area (Å²) in [5.74, 6) is 1.58. The molecule has 2 rings (SSSR count). The van der Waals surface area contributed by atoms with Crippen LogP contribution >= 0.6 is 11.9 Å². The molecule has 0 saturated carbocycles. The Kier molecular flexibility index (Phi) is 9.01. The molecule has 7 nitrogen and oxygen atoms in total. The molecule has 0 spiro atoms. The van der Waals surface area contributed by atoms with Crippen molar-refractivity contribution in [2.45, 2.75) is 32.1 Å². The Morgan fingerprint density at radius 1 is 1.33 bits per heavy atom. The minimum atomic E-state index is 0.477. The lowest BCUT2D eigenvalue weighted by Crippen LogP contribution is -2.27. The van der Waals surface area contributed by atoms with Gasteiger partial charge in [-0.05, 0) is 31.4 Å². The highest BCUT2D eigenvalue weighted by atomic mass is 32.2. The standard InChI is InChI=1S/C16H24N6OS/c17-14-20-16(21-15-6-9-18-10-7-15)19-8-3-1-2-4-13-24-22-11-5-12-23-22/h6-7,9-10H,1-5,8,11-13H2,(H2,18,19,20,21). The minimum absolute atomic E-state index is 0.477. The fourth-order valence-corrected chi connectivity index (χ4v) is 3.13. The van der Waals surface area contributed by atoms with Gasteiger partial charge in [-0.25, -0.2) is 0 Å². The van der Waals surface area contributed by atoms with Gasteiger partial charge in [0.15, 0.2) is 6.19 Å². The third kappa shape index (κ3) is 7.64. The third-order valence-corrected chi connectivity index (χ3v) is 4.44. The normalized spacial score (nSPS) is 15.2. The summed E-state index contributed by atoms with van der Waals surface area (Å²) in [5.41, 5.74) is 0.854. The highest BCUT2D eigenvalue weighted by molar-refractivity contribution is 7.96. The third-order valence-electron chi connectivity index (χ3n) is 3.40. The lowest BCUT2D eigenvalue weighted by Gasteiger charge is -2.11. The average Bonchev–Trinajstić information content (AvgIpc) is 3.11. The van der Waals surface area contributed by atoms with Gasteiger partial charge in [0.05, 0.1) is 6.61 Å². The molecule has 1 saturated heterocycles. The molecule has 1 aromatic rings. The maximum absolute atomic E-state index is 8.79. The number of unbranched alkanes of at least 4 members (excludes halogenated alkanes) is 3. The highest BCUT2D eigenvalue weighted by Gasteiger charge is 2.11. The van der Waals surface area contributed by atoms with E-state index >= 15 is 0 Å². The number of hydrogen-bond acceptors (Lipinski definition) is 6. The molecule has 130 valence electrons. The first-order valence-corrected chi connectivity index (χ1v) is 9.23. The van der Waals surface area contributed by atoms with Crippen LogP contribution < -0.4 is 10.6 Å². The van der Waals surface area contributed by atoms with E-state index in [1.54, 1.807) is 24.3 Å². The van der Waals surface area contributed by atoms with Gasteiger partial charge in [-0.1, -0.05) is 24.8 Å². The first-order valence-electron chi connectivity index (χ1n) is 8.28. The predicted molar refractivity (Wildman–Crippen MR) is 97.1 cm³/mol. The largest absolute Gasteiger partial charge is 0.325 e. The van der Waals surface area contributed by atoms with Crippen LogP contribution in [-0.2, 0) is 4.84 Å². The number of pyridine rings is 1. The maximum atomic E-state index is 8.79. The minimum Gasteiger partial charge on any atom is -0.325 e. The van der Waals surface area contributed by atoms with Crippen molar-refractivity contribution in [1.29, 1.82) is 5.26 Å². The molecular weight excluding hydrogens is 324 g/mol. The number of hydroxylamine groups is 1. The number of aliphatic imine (C=N–C) groups is 1. The second-order valence-corrected chi connectivity index (χ2v) is 6.39. The van der Waals surface area contributed by atoms with Crippen molar-refractivity contribution in [3.05, 3.63) is 24.5 Å². The number of nitriles is 1. The molecule has 1 aliphatic heterocycles. The van der Waals surface area contributed by atoms with Gasteiger partial charge >= 0.3 is 0 Å². The first-order chi connectivity index (χ1) is 11.9. The summed E-state index contributed by atoms with van der Waals surface area (Å²) in [5, 5.41) is 14.4. The van der Waals surface area contributed by atoms with Crippen molar-refractivity contribution in [3.63, 3.8) is 0 Å². The molecule has 8 heteroatoms. The number of rotatable bonds is 9. The van der Waals surface area contributed by atoms with E-state index in [1.807, 2.05) is 22.8 Å². The molecule has 1 aromatic heterocycles. The van der Waals surface area contributed by atoms with Crippen molar-refractivity contribution in [3.8, 4) is 6.19 Å². The number of guanidine groups is 1. The molecule has 2 N–H and O–H groups in total. The van der Waals surface area contributed by atoms with Gasteiger partial charge in [0.1, 0.15) is 0 Å². The first kappa shape index (κ1) is 18.5. The second-order valence-electron chi connectivity index (χ2n) is 5.32. The van der Waals surface area contributed by atoms with Gasteiger partial charge in [-0.3, -0.25) is 20.1 Å². The van der Waals surface area contributed by atoms with E-state index in [0.29, 0.717) is 12.5 Å². The summed E-state index contributed by atoms with van der Waals surface area (Å²) in [7, 11) is 0. The zero-order chi connectivity index (χ0) is 16.9. The fraction of sp³-hybridized carbons (Fsp3) is 0.562. The van der Waals surface area contributed by atoms with Crippen molar-refractivity contribution < 1.29 is 4.84 Å². The summed E-state index contributed by atoms with van der Waals surface area (Å²) in [6.07, 6.45) is 11.0. The molecule has 0 amide bonds. The van der Waals surface area contributed by atoms with Crippen LogP contribution in [0, 0.1) is 11.5 Å². The average molecular weight is 348 g/mol. The summed E-state index contributed by atoms with van der Waals surface area (Å²) in [4.78, 5) is 13.8. The fourth-order valence-electron chi connectivity index (χ4n) is 2.19. The molecule has 0 aliphatic carbocycles. The molecule has 2 heterocycles. The molecule has 24 heavy (non-hydrogen) atoms. The van der Waals surface area contributed by atoms with Crippen molar-refractivity contribution >= 4 is 23.6 Å². The van der Waals surface area contributed by atoms with Gasteiger partial charge < -0.3 is 5.32 Å². The Labute approximate surface area is 147 Å². The monoisotopic (exact) mass is 348 g/mol. The van der Waals surface area contributed by atoms with Crippen molar-refractivity contribution in [1.82, 2.24) is 14.8 Å². The van der Waals surface area contributed by atoms with Crippen LogP contribution in [0.15, 0.2) is 29.5 Å². The number of nitrogens with one attached hydrogen (secondary N) is 2. The second kappa shape index (κ2) is 11.7. The molecule has 1 fully saturated rings. The van der Waals surface area contributed by atoms with Crippen LogP contribution in [0.4, 0.5) is 5.69 Å². The molecule has 0 aromatic carbocycles. The topological polar surface area (TPSA) is 85.6 Å². The molecule has 1 aliphatic rings. The molecular formula is C16H24N6OS. The molecule has 0 bridgehead atoms. The summed E-state index contributed by atoms with van der Waals surface area (Å²) < 4.78 is 1.99. The Hall–Kier alpha value is -1.82. The number of nitrogens with zero attached hydrogens (tertiary/aromatic N) is 4. The number of hydrogen-bond donors (Lipinski definition) is 2. The van der Waals surface area contributed by atoms with Crippen LogP contribution in [0.25, 0.3) is 0 Å². The smallest absolute Gasteiger partial charge is 0.209 e. The van der Waals surface area contributed by atoms with E-state index < -0.39 is 0 Å². The maximum Gasteiger partial charge on any atom is 0.209 e. The van der Waals surface area contributed by atoms with E-state index in [0.717, 1.165) is 43.9 Å². The van der Waals surface area contributed by atoms with Gasteiger partial charge in [0.25, 0.3) is 0 Å². The van der Waals surface area contributed by atoms with Crippen LogP contribution in [-0.4, -0.2) is 40.9 Å². The van der Waals surface area contributed by atoms with Crippen molar-refractivity contribution in [2.75, 3.05) is 30.8 Å². The van der Waals surface area contributed by atoms with Crippen molar-refractivity contribution in [2.24, 2.45) is 4.99 Å². The highest BCUT2D eigenvalue weighted by Crippen LogP contribution is 2.18. The van der Waals surface area contributed by atoms with Crippen LogP contribution in [0.3, 0.4) is 0 Å². The SMILES string of the molecule is N#CNC(=NCCCCCCSN1CCCO1)Nc1ccncc1. The zero-order valence-corrected chi connectivity index (χ0v) is 14.6. The van der Waals surface area contributed by atoms with Gasteiger partial charge in [-0.2, -0.15) is 5.26 Å². The van der Waals surface area contributed by atoms with Crippen LogP contribution in [0.1, 0.15) is 32.1 Å². The van der Waals surface area contributed by atoms with E-state index in [1.165, 1.54) is 12.8 Å². The predicted octanol–water partition coefficient (Wildman–Crippen LogP) is 2.77. The molecule has 0 radical (unpaired) electrons.